The van der Waals surface area contributed by atoms with E-state index in [0.29, 0.717) is 17.5 Å². The summed E-state index contributed by atoms with van der Waals surface area (Å²) in [5, 5.41) is 0. The van der Waals surface area contributed by atoms with E-state index in [1.54, 1.807) is 12.3 Å². The average molecular weight is 273 g/mol. The zero-order chi connectivity index (χ0) is 13.0. The van der Waals surface area contributed by atoms with Crippen LogP contribution in [0.2, 0.25) is 0 Å². The molecular weight excluding hydrogens is 255 g/mol. The van der Waals surface area contributed by atoms with Crippen LogP contribution < -0.4 is 4.90 Å². The number of piperidine rings is 1. The fraction of sp³-hybridized carbons (Fsp3) is 0.615. The first kappa shape index (κ1) is 13.6. The first-order valence-corrected chi connectivity index (χ1v) is 6.85. The van der Waals surface area contributed by atoms with E-state index in [1.165, 1.54) is 0 Å². The van der Waals surface area contributed by atoms with E-state index in [-0.39, 0.29) is 11.7 Å². The lowest BCUT2D eigenvalue weighted by atomic mass is 10.1. The van der Waals surface area contributed by atoms with Gasteiger partial charge >= 0.3 is 0 Å². The molecule has 1 saturated heterocycles. The molecule has 100 valence electrons. The molecule has 1 aromatic heterocycles. The van der Waals surface area contributed by atoms with Crippen molar-refractivity contribution >= 4 is 17.4 Å². The predicted molar refractivity (Wildman–Crippen MR) is 70.6 cm³/mol. The Kier molecular flexibility index (Phi) is 4.78. The van der Waals surface area contributed by atoms with Crippen LogP contribution in [0.4, 0.5) is 10.2 Å². The highest BCUT2D eigenvalue weighted by atomic mass is 35.5. The summed E-state index contributed by atoms with van der Waals surface area (Å²) in [5.41, 5.74) is 0.508. The second-order valence-corrected chi connectivity index (χ2v) is 4.65. The minimum absolute atomic E-state index is 0.177. The Balaban J connectivity index is 2.05. The van der Waals surface area contributed by atoms with Crippen molar-refractivity contribution in [3.05, 3.63) is 23.6 Å². The lowest BCUT2D eigenvalue weighted by Gasteiger charge is -2.32. The molecule has 1 fully saturated rings. The van der Waals surface area contributed by atoms with Crippen LogP contribution in [0.15, 0.2) is 12.3 Å². The van der Waals surface area contributed by atoms with Crippen LogP contribution >= 0.6 is 11.6 Å². The molecular formula is C13H18ClFN2O. The summed E-state index contributed by atoms with van der Waals surface area (Å²) in [4.78, 5) is 6.11. The van der Waals surface area contributed by atoms with Gasteiger partial charge in [-0.15, -0.1) is 11.6 Å². The molecule has 0 saturated carbocycles. The summed E-state index contributed by atoms with van der Waals surface area (Å²) in [5.74, 6) is 0.307. The van der Waals surface area contributed by atoms with Gasteiger partial charge in [0.1, 0.15) is 0 Å². The molecule has 5 heteroatoms. The third kappa shape index (κ3) is 2.93. The summed E-state index contributed by atoms with van der Waals surface area (Å²) in [6, 6.07) is 1.62. The lowest BCUT2D eigenvalue weighted by molar-refractivity contribution is 0.0457. The van der Waals surface area contributed by atoms with E-state index in [4.69, 9.17) is 16.3 Å². The molecule has 18 heavy (non-hydrogen) atoms. The fourth-order valence-corrected chi connectivity index (χ4v) is 2.47. The zero-order valence-electron chi connectivity index (χ0n) is 10.5. The van der Waals surface area contributed by atoms with Crippen molar-refractivity contribution in [2.75, 3.05) is 24.6 Å². The van der Waals surface area contributed by atoms with Crippen LogP contribution in [0.3, 0.4) is 0 Å². The van der Waals surface area contributed by atoms with Crippen LogP contribution in [0.25, 0.3) is 0 Å². The van der Waals surface area contributed by atoms with Gasteiger partial charge in [-0.2, -0.15) is 0 Å². The summed E-state index contributed by atoms with van der Waals surface area (Å²) in [6.07, 6.45) is 3.75. The number of rotatable bonds is 4. The topological polar surface area (TPSA) is 25.4 Å². The van der Waals surface area contributed by atoms with E-state index in [0.717, 1.165) is 32.5 Å². The maximum Gasteiger partial charge on any atom is 0.170 e. The van der Waals surface area contributed by atoms with Crippen LogP contribution in [0.1, 0.15) is 25.3 Å². The summed E-state index contributed by atoms with van der Waals surface area (Å²) in [7, 11) is 0. The Bertz CT molecular complexity index is 395. The maximum atomic E-state index is 14.1. The summed E-state index contributed by atoms with van der Waals surface area (Å²) >= 11 is 5.70. The molecule has 1 aromatic rings. The molecule has 3 nitrogen and oxygen atoms in total. The van der Waals surface area contributed by atoms with Gasteiger partial charge < -0.3 is 9.64 Å². The van der Waals surface area contributed by atoms with Crippen molar-refractivity contribution in [2.45, 2.75) is 31.7 Å². The second kappa shape index (κ2) is 6.34. The second-order valence-electron chi connectivity index (χ2n) is 4.38. The van der Waals surface area contributed by atoms with Gasteiger partial charge in [0.05, 0.1) is 12.0 Å². The fourth-order valence-electron chi connectivity index (χ4n) is 2.26. The van der Waals surface area contributed by atoms with E-state index < -0.39 is 0 Å². The smallest absolute Gasteiger partial charge is 0.170 e. The molecule has 1 aliphatic heterocycles. The minimum atomic E-state index is -0.289. The molecule has 0 unspecified atom stereocenters. The van der Waals surface area contributed by atoms with Gasteiger partial charge in [0.15, 0.2) is 11.6 Å². The molecule has 0 spiro atoms. The Morgan fingerprint density at radius 2 is 2.22 bits per heavy atom. The highest BCUT2D eigenvalue weighted by molar-refractivity contribution is 6.17. The molecule has 0 bridgehead atoms. The number of ether oxygens (including phenoxy) is 1. The Morgan fingerprint density at radius 3 is 2.83 bits per heavy atom. The number of aromatic nitrogens is 1. The number of anilines is 1. The van der Waals surface area contributed by atoms with Gasteiger partial charge in [-0.25, -0.2) is 9.37 Å². The quantitative estimate of drug-likeness (QED) is 0.788. The number of hydrogen-bond donors (Lipinski definition) is 0. The largest absolute Gasteiger partial charge is 0.378 e. The van der Waals surface area contributed by atoms with Crippen LogP contribution in [0.5, 0.6) is 0 Å². The number of pyridine rings is 1. The number of halogens is 2. The predicted octanol–water partition coefficient (Wildman–Crippen LogP) is 2.96. The third-order valence-electron chi connectivity index (χ3n) is 3.24. The molecule has 0 N–H and O–H groups in total. The van der Waals surface area contributed by atoms with Crippen molar-refractivity contribution in [2.24, 2.45) is 0 Å². The Hall–Kier alpha value is -0.870. The van der Waals surface area contributed by atoms with Crippen molar-refractivity contribution < 1.29 is 9.13 Å². The normalized spacial score (nSPS) is 17.2. The standard InChI is InChI=1S/C13H18ClFN2O/c1-2-18-11-4-7-17(8-5-11)13-12(15)10(9-14)3-6-16-13/h3,6,11H,2,4-5,7-9H2,1H3. The minimum Gasteiger partial charge on any atom is -0.378 e. The Morgan fingerprint density at radius 1 is 1.50 bits per heavy atom. The average Bonchev–Trinajstić information content (AvgIpc) is 2.41. The van der Waals surface area contributed by atoms with Crippen LogP contribution in [-0.4, -0.2) is 30.8 Å². The lowest BCUT2D eigenvalue weighted by Crippen LogP contribution is -2.38. The first-order chi connectivity index (χ1) is 8.76. The van der Waals surface area contributed by atoms with E-state index in [9.17, 15) is 4.39 Å². The SMILES string of the molecule is CCOC1CCN(c2nccc(CCl)c2F)CC1. The van der Waals surface area contributed by atoms with Crippen LogP contribution in [-0.2, 0) is 10.6 Å². The molecule has 2 heterocycles. The molecule has 0 radical (unpaired) electrons. The van der Waals surface area contributed by atoms with Crippen molar-refractivity contribution in [1.29, 1.82) is 0 Å². The number of nitrogens with zero attached hydrogens (tertiary/aromatic N) is 2. The van der Waals surface area contributed by atoms with E-state index >= 15 is 0 Å². The molecule has 0 aromatic carbocycles. The highest BCUT2D eigenvalue weighted by Crippen LogP contribution is 2.24. The number of alkyl halides is 1. The molecule has 0 aliphatic carbocycles. The van der Waals surface area contributed by atoms with Gasteiger partial charge in [-0.3, -0.25) is 0 Å². The number of hydrogen-bond acceptors (Lipinski definition) is 3. The van der Waals surface area contributed by atoms with Crippen molar-refractivity contribution in [1.82, 2.24) is 4.98 Å². The molecule has 1 aliphatic rings. The molecule has 0 atom stereocenters. The first-order valence-electron chi connectivity index (χ1n) is 6.32. The monoisotopic (exact) mass is 272 g/mol. The van der Waals surface area contributed by atoms with Gasteiger partial charge in [-0.1, -0.05) is 0 Å². The zero-order valence-corrected chi connectivity index (χ0v) is 11.3. The molecule has 2 rings (SSSR count). The van der Waals surface area contributed by atoms with E-state index in [1.807, 2.05) is 11.8 Å². The Labute approximate surface area is 112 Å². The van der Waals surface area contributed by atoms with Crippen molar-refractivity contribution in [3.63, 3.8) is 0 Å². The van der Waals surface area contributed by atoms with Gasteiger partial charge in [-0.05, 0) is 25.8 Å². The van der Waals surface area contributed by atoms with Gasteiger partial charge in [0.25, 0.3) is 0 Å². The van der Waals surface area contributed by atoms with Gasteiger partial charge in [0, 0.05) is 31.5 Å². The maximum absolute atomic E-state index is 14.1. The summed E-state index contributed by atoms with van der Waals surface area (Å²) in [6.45, 7) is 4.29. The van der Waals surface area contributed by atoms with Gasteiger partial charge in [0.2, 0.25) is 0 Å². The highest BCUT2D eigenvalue weighted by Gasteiger charge is 2.23. The van der Waals surface area contributed by atoms with Crippen LogP contribution in [0, 0.1) is 5.82 Å². The van der Waals surface area contributed by atoms with E-state index in [2.05, 4.69) is 4.98 Å². The summed E-state index contributed by atoms with van der Waals surface area (Å²) < 4.78 is 19.7. The van der Waals surface area contributed by atoms with Crippen molar-refractivity contribution in [3.8, 4) is 0 Å². The third-order valence-corrected chi connectivity index (χ3v) is 3.53. The molecule has 0 amide bonds.